The van der Waals surface area contributed by atoms with Gasteiger partial charge >= 0.3 is 5.97 Å². The van der Waals surface area contributed by atoms with Crippen LogP contribution in [0.25, 0.3) is 0 Å². The standard InChI is InChI=1S/C23H26O4/c1-14(24)27-13-21(26)20-7-6-18-17-5-4-15-12-16(25)8-10-22(15,2)19(17)9-11-23(18,20)3/h7-10,12,17-18H,4-6,11,13H2,1-3H3/t17-,18-,22-,23-/m1/s1. The highest BCUT2D eigenvalue weighted by molar-refractivity contribution is 6.01. The van der Waals surface area contributed by atoms with Crippen LogP contribution in [0.15, 0.2) is 47.1 Å². The van der Waals surface area contributed by atoms with Gasteiger partial charge in [-0.15, -0.1) is 0 Å². The zero-order valence-corrected chi connectivity index (χ0v) is 16.2. The van der Waals surface area contributed by atoms with E-state index in [-0.39, 0.29) is 29.0 Å². The molecule has 4 nitrogen and oxygen atoms in total. The molecule has 0 radical (unpaired) electrons. The molecule has 0 unspecified atom stereocenters. The Bertz CT molecular complexity index is 856. The summed E-state index contributed by atoms with van der Waals surface area (Å²) in [5.41, 5.74) is 3.09. The smallest absolute Gasteiger partial charge is 0.303 e. The first-order valence-corrected chi connectivity index (χ1v) is 9.77. The maximum atomic E-state index is 12.7. The Hall–Kier alpha value is -2.23. The summed E-state index contributed by atoms with van der Waals surface area (Å²) in [6.07, 6.45) is 13.6. The fourth-order valence-electron chi connectivity index (χ4n) is 5.78. The largest absolute Gasteiger partial charge is 0.457 e. The Morgan fingerprint density at radius 3 is 2.78 bits per heavy atom. The predicted molar refractivity (Wildman–Crippen MR) is 102 cm³/mol. The highest BCUT2D eigenvalue weighted by Gasteiger charge is 2.54. The number of allylic oxidation sites excluding steroid dienone is 7. The van der Waals surface area contributed by atoms with Crippen molar-refractivity contribution in [3.05, 3.63) is 47.1 Å². The molecule has 0 N–H and O–H groups in total. The van der Waals surface area contributed by atoms with Crippen molar-refractivity contribution >= 4 is 17.5 Å². The Morgan fingerprint density at radius 2 is 2.04 bits per heavy atom. The van der Waals surface area contributed by atoms with E-state index in [1.165, 1.54) is 18.1 Å². The Morgan fingerprint density at radius 1 is 1.26 bits per heavy atom. The number of ketones is 2. The summed E-state index contributed by atoms with van der Waals surface area (Å²) in [5.74, 6) is 0.394. The van der Waals surface area contributed by atoms with Gasteiger partial charge in [-0.1, -0.05) is 36.3 Å². The van der Waals surface area contributed by atoms with E-state index >= 15 is 0 Å². The lowest BCUT2D eigenvalue weighted by Gasteiger charge is -2.51. The average molecular weight is 366 g/mol. The highest BCUT2D eigenvalue weighted by Crippen LogP contribution is 2.62. The molecule has 0 aromatic heterocycles. The number of hydrogen-bond donors (Lipinski definition) is 0. The molecule has 0 aromatic carbocycles. The fourth-order valence-corrected chi connectivity index (χ4v) is 5.78. The molecule has 4 aliphatic rings. The second-order valence-electron chi connectivity index (χ2n) is 8.70. The SMILES string of the molecule is CC(=O)OCC(=O)C1=CC[C@@H]2[C@H]3CCC4=CC(=O)C=C[C@@]4(C)C3=CC[C@@]12C. The Kier molecular flexibility index (Phi) is 4.13. The van der Waals surface area contributed by atoms with E-state index in [1.54, 1.807) is 6.08 Å². The van der Waals surface area contributed by atoms with Gasteiger partial charge in [-0.05, 0) is 56.6 Å². The van der Waals surface area contributed by atoms with Gasteiger partial charge in [0.1, 0.15) is 0 Å². The molecule has 4 heteroatoms. The number of esters is 1. The number of rotatable bonds is 3. The van der Waals surface area contributed by atoms with Gasteiger partial charge in [-0.2, -0.15) is 0 Å². The highest BCUT2D eigenvalue weighted by atomic mass is 16.5. The molecule has 0 saturated heterocycles. The lowest BCUT2D eigenvalue weighted by atomic mass is 9.52. The van der Waals surface area contributed by atoms with Crippen molar-refractivity contribution in [2.75, 3.05) is 6.61 Å². The first-order valence-electron chi connectivity index (χ1n) is 9.77. The summed E-state index contributed by atoms with van der Waals surface area (Å²) in [6.45, 7) is 5.56. The van der Waals surface area contributed by atoms with Crippen LogP contribution in [0.2, 0.25) is 0 Å². The molecule has 0 amide bonds. The third-order valence-electron chi connectivity index (χ3n) is 7.24. The van der Waals surface area contributed by atoms with Gasteiger partial charge in [0.25, 0.3) is 0 Å². The summed E-state index contributed by atoms with van der Waals surface area (Å²) < 4.78 is 4.95. The number of hydrogen-bond acceptors (Lipinski definition) is 4. The summed E-state index contributed by atoms with van der Waals surface area (Å²) >= 11 is 0. The van der Waals surface area contributed by atoms with E-state index in [1.807, 2.05) is 6.08 Å². The molecule has 4 aliphatic carbocycles. The van der Waals surface area contributed by atoms with Crippen LogP contribution in [0.3, 0.4) is 0 Å². The van der Waals surface area contributed by atoms with Gasteiger partial charge in [-0.3, -0.25) is 14.4 Å². The topological polar surface area (TPSA) is 60.4 Å². The van der Waals surface area contributed by atoms with Crippen LogP contribution >= 0.6 is 0 Å². The first kappa shape index (κ1) is 18.1. The summed E-state index contributed by atoms with van der Waals surface area (Å²) in [5, 5.41) is 0. The molecule has 4 rings (SSSR count). The van der Waals surface area contributed by atoms with Crippen molar-refractivity contribution < 1.29 is 19.1 Å². The molecule has 0 spiro atoms. The van der Waals surface area contributed by atoms with Crippen LogP contribution in [0.1, 0.15) is 46.5 Å². The summed E-state index contributed by atoms with van der Waals surface area (Å²) in [6, 6.07) is 0. The molecule has 27 heavy (non-hydrogen) atoms. The van der Waals surface area contributed by atoms with E-state index in [9.17, 15) is 14.4 Å². The van der Waals surface area contributed by atoms with Gasteiger partial charge in [0.2, 0.25) is 0 Å². The van der Waals surface area contributed by atoms with E-state index in [2.05, 4.69) is 32.1 Å². The van der Waals surface area contributed by atoms with Crippen LogP contribution in [-0.4, -0.2) is 24.1 Å². The van der Waals surface area contributed by atoms with Gasteiger partial charge in [0.15, 0.2) is 18.2 Å². The monoisotopic (exact) mass is 366 g/mol. The average Bonchev–Trinajstić information content (AvgIpc) is 2.97. The van der Waals surface area contributed by atoms with Gasteiger partial charge in [0.05, 0.1) is 0 Å². The number of Topliss-reactive ketones (excluding diaryl/α,β-unsaturated/α-hetero) is 1. The predicted octanol–water partition coefficient (Wildman–Crippen LogP) is 3.88. The van der Waals surface area contributed by atoms with Gasteiger partial charge in [-0.25, -0.2) is 0 Å². The zero-order chi connectivity index (χ0) is 19.4. The molecular weight excluding hydrogens is 340 g/mol. The van der Waals surface area contributed by atoms with E-state index in [0.717, 1.165) is 31.3 Å². The molecule has 0 aliphatic heterocycles. The number of carbonyl (C=O) groups is 3. The lowest BCUT2D eigenvalue weighted by molar-refractivity contribution is -0.145. The third-order valence-corrected chi connectivity index (χ3v) is 7.24. The maximum Gasteiger partial charge on any atom is 0.303 e. The lowest BCUT2D eigenvalue weighted by Crippen LogP contribution is -2.43. The van der Waals surface area contributed by atoms with Crippen LogP contribution in [0.4, 0.5) is 0 Å². The van der Waals surface area contributed by atoms with Crippen molar-refractivity contribution in [1.82, 2.24) is 0 Å². The minimum atomic E-state index is -0.423. The molecular formula is C23H26O4. The Labute approximate surface area is 160 Å². The second-order valence-corrected chi connectivity index (χ2v) is 8.70. The normalized spacial score (nSPS) is 36.7. The zero-order valence-electron chi connectivity index (χ0n) is 16.2. The van der Waals surface area contributed by atoms with Gasteiger partial charge < -0.3 is 4.74 Å². The van der Waals surface area contributed by atoms with Crippen molar-refractivity contribution in [3.8, 4) is 0 Å². The number of carbonyl (C=O) groups excluding carboxylic acids is 3. The summed E-state index contributed by atoms with van der Waals surface area (Å²) in [7, 11) is 0. The van der Waals surface area contributed by atoms with Crippen LogP contribution in [0, 0.1) is 22.7 Å². The van der Waals surface area contributed by atoms with Crippen LogP contribution in [0.5, 0.6) is 0 Å². The minimum Gasteiger partial charge on any atom is -0.457 e. The van der Waals surface area contributed by atoms with E-state index < -0.39 is 5.97 Å². The van der Waals surface area contributed by atoms with Gasteiger partial charge in [0, 0.05) is 23.3 Å². The van der Waals surface area contributed by atoms with Crippen molar-refractivity contribution in [2.45, 2.75) is 46.5 Å². The number of ether oxygens (including phenoxy) is 1. The second kappa shape index (κ2) is 6.15. The van der Waals surface area contributed by atoms with Crippen molar-refractivity contribution in [2.24, 2.45) is 22.7 Å². The quantitative estimate of drug-likeness (QED) is 0.562. The van der Waals surface area contributed by atoms with E-state index in [4.69, 9.17) is 4.74 Å². The third kappa shape index (κ3) is 2.69. The van der Waals surface area contributed by atoms with Crippen LogP contribution in [-0.2, 0) is 19.1 Å². The fraction of sp³-hybridized carbons (Fsp3) is 0.522. The molecule has 1 fully saturated rings. The molecule has 0 heterocycles. The molecule has 0 aromatic rings. The molecule has 1 saturated carbocycles. The Balaban J connectivity index is 1.63. The minimum absolute atomic E-state index is 0.0715. The maximum absolute atomic E-state index is 12.7. The molecule has 4 atom stereocenters. The van der Waals surface area contributed by atoms with E-state index in [0.29, 0.717) is 11.8 Å². The van der Waals surface area contributed by atoms with Crippen molar-refractivity contribution in [3.63, 3.8) is 0 Å². The van der Waals surface area contributed by atoms with Crippen LogP contribution < -0.4 is 0 Å². The molecule has 0 bridgehead atoms. The molecule has 142 valence electrons. The number of fused-ring (bicyclic) bond motifs is 5. The summed E-state index contributed by atoms with van der Waals surface area (Å²) in [4.78, 5) is 35.6. The van der Waals surface area contributed by atoms with Crippen molar-refractivity contribution in [1.29, 1.82) is 0 Å². The first-order chi connectivity index (χ1) is 12.8.